The highest BCUT2D eigenvalue weighted by Crippen LogP contribution is 2.43. The van der Waals surface area contributed by atoms with E-state index < -0.39 is 5.41 Å². The van der Waals surface area contributed by atoms with Gasteiger partial charge in [-0.2, -0.15) is 0 Å². The molecule has 0 amide bonds. The van der Waals surface area contributed by atoms with Gasteiger partial charge in [-0.05, 0) is 41.3 Å². The maximum absolute atomic E-state index is 12.9. The third-order valence-electron chi connectivity index (χ3n) is 4.38. The van der Waals surface area contributed by atoms with E-state index in [9.17, 15) is 4.79 Å². The van der Waals surface area contributed by atoms with Crippen LogP contribution in [-0.2, 0) is 11.8 Å². The average molecular weight is 278 g/mol. The Morgan fingerprint density at radius 2 is 1.80 bits per heavy atom. The largest absolute Gasteiger partial charge is 0.293 e. The Balaban J connectivity index is 1.93. The van der Waals surface area contributed by atoms with Crippen LogP contribution >= 0.6 is 11.3 Å². The van der Waals surface area contributed by atoms with Gasteiger partial charge in [-0.25, -0.2) is 0 Å². The van der Waals surface area contributed by atoms with E-state index in [4.69, 9.17) is 0 Å². The molecule has 0 radical (unpaired) electrons. The molecule has 98 valence electrons. The van der Waals surface area contributed by atoms with Gasteiger partial charge < -0.3 is 0 Å². The molecular formula is C18H14OS. The van der Waals surface area contributed by atoms with Crippen LogP contribution in [0.1, 0.15) is 28.4 Å². The van der Waals surface area contributed by atoms with Crippen molar-refractivity contribution in [3.8, 4) is 0 Å². The molecule has 0 unspecified atom stereocenters. The lowest BCUT2D eigenvalue weighted by molar-refractivity contribution is 0.0916. The second-order valence-electron chi connectivity index (χ2n) is 5.64. The molecule has 1 heterocycles. The van der Waals surface area contributed by atoms with Crippen LogP contribution in [0.3, 0.4) is 0 Å². The number of rotatable bonds is 1. The van der Waals surface area contributed by atoms with Crippen LogP contribution in [0.15, 0.2) is 53.9 Å². The van der Waals surface area contributed by atoms with E-state index in [1.54, 1.807) is 11.3 Å². The predicted molar refractivity (Wildman–Crippen MR) is 83.7 cm³/mol. The lowest BCUT2D eigenvalue weighted by atomic mass is 9.79. The van der Waals surface area contributed by atoms with Crippen molar-refractivity contribution in [1.29, 1.82) is 0 Å². The fourth-order valence-corrected chi connectivity index (χ4v) is 4.37. The van der Waals surface area contributed by atoms with E-state index in [0.717, 1.165) is 12.0 Å². The highest BCUT2D eigenvalue weighted by molar-refractivity contribution is 7.17. The molecular weight excluding hydrogens is 264 g/mol. The minimum absolute atomic E-state index is 0.261. The molecule has 1 aliphatic carbocycles. The Hall–Kier alpha value is -1.93. The molecule has 1 nitrogen and oxygen atoms in total. The van der Waals surface area contributed by atoms with Crippen molar-refractivity contribution in [2.75, 3.05) is 0 Å². The number of benzene rings is 2. The summed E-state index contributed by atoms with van der Waals surface area (Å²) in [5.41, 5.74) is 2.84. The molecule has 2 heteroatoms. The summed E-state index contributed by atoms with van der Waals surface area (Å²) in [5, 5.41) is 3.38. The van der Waals surface area contributed by atoms with Gasteiger partial charge in [0.2, 0.25) is 0 Å². The van der Waals surface area contributed by atoms with Crippen LogP contribution in [-0.4, -0.2) is 5.78 Å². The Labute approximate surface area is 121 Å². The average Bonchev–Trinajstić information content (AvgIpc) is 3.01. The minimum atomic E-state index is -0.413. The number of carbonyl (C=O) groups excluding carboxylic acids is 1. The maximum atomic E-state index is 12.9. The summed E-state index contributed by atoms with van der Waals surface area (Å²) in [6, 6.07) is 16.4. The predicted octanol–water partition coefficient (Wildman–Crippen LogP) is 4.60. The van der Waals surface area contributed by atoms with Gasteiger partial charge in [0.25, 0.3) is 0 Å². The van der Waals surface area contributed by atoms with Gasteiger partial charge in [0.05, 0.1) is 5.41 Å². The van der Waals surface area contributed by atoms with E-state index in [-0.39, 0.29) is 5.78 Å². The van der Waals surface area contributed by atoms with Crippen LogP contribution in [0.25, 0.3) is 10.1 Å². The van der Waals surface area contributed by atoms with Crippen molar-refractivity contribution in [3.05, 3.63) is 70.6 Å². The van der Waals surface area contributed by atoms with E-state index >= 15 is 0 Å². The quantitative estimate of drug-likeness (QED) is 0.636. The van der Waals surface area contributed by atoms with Crippen LogP contribution in [0.5, 0.6) is 0 Å². The van der Waals surface area contributed by atoms with Gasteiger partial charge in [-0.15, -0.1) is 11.3 Å². The van der Waals surface area contributed by atoms with Gasteiger partial charge in [0, 0.05) is 10.3 Å². The highest BCUT2D eigenvalue weighted by atomic mass is 32.1. The fourth-order valence-electron chi connectivity index (χ4n) is 3.28. The number of hydrogen-bond donors (Lipinski definition) is 0. The molecule has 3 aromatic rings. The van der Waals surface area contributed by atoms with Crippen molar-refractivity contribution < 1.29 is 4.79 Å². The lowest BCUT2D eigenvalue weighted by Crippen LogP contribution is -2.28. The molecule has 2 aromatic carbocycles. The molecule has 0 saturated heterocycles. The number of ketones is 1. The van der Waals surface area contributed by atoms with Crippen LogP contribution in [0.4, 0.5) is 0 Å². The molecule has 0 N–H and O–H groups in total. The zero-order chi connectivity index (χ0) is 13.7. The first-order valence-electron chi connectivity index (χ1n) is 6.79. The van der Waals surface area contributed by atoms with Crippen molar-refractivity contribution in [1.82, 2.24) is 0 Å². The van der Waals surface area contributed by atoms with Crippen molar-refractivity contribution in [3.63, 3.8) is 0 Å². The first-order valence-corrected chi connectivity index (χ1v) is 7.67. The van der Waals surface area contributed by atoms with Gasteiger partial charge >= 0.3 is 0 Å². The number of thiophene rings is 1. The number of carbonyl (C=O) groups is 1. The molecule has 0 saturated carbocycles. The van der Waals surface area contributed by atoms with E-state index in [0.29, 0.717) is 0 Å². The third kappa shape index (κ3) is 1.46. The summed E-state index contributed by atoms with van der Waals surface area (Å²) >= 11 is 1.73. The molecule has 1 atom stereocenters. The molecule has 4 rings (SSSR count). The summed E-state index contributed by atoms with van der Waals surface area (Å²) in [7, 11) is 0. The topological polar surface area (TPSA) is 17.1 Å². The summed E-state index contributed by atoms with van der Waals surface area (Å²) in [5.74, 6) is 0.261. The van der Waals surface area contributed by atoms with Crippen molar-refractivity contribution >= 4 is 27.2 Å². The molecule has 20 heavy (non-hydrogen) atoms. The second-order valence-corrected chi connectivity index (χ2v) is 6.55. The normalized spacial score (nSPS) is 21.4. The number of fused-ring (bicyclic) bond motifs is 2. The second kappa shape index (κ2) is 4.03. The fraction of sp³-hybridized carbons (Fsp3) is 0.167. The third-order valence-corrected chi connectivity index (χ3v) is 5.35. The summed E-state index contributed by atoms with van der Waals surface area (Å²) in [4.78, 5) is 12.9. The lowest BCUT2D eigenvalue weighted by Gasteiger charge is -2.21. The van der Waals surface area contributed by atoms with Gasteiger partial charge in [-0.1, -0.05) is 42.5 Å². The van der Waals surface area contributed by atoms with Crippen LogP contribution in [0.2, 0.25) is 0 Å². The Bertz CT molecular complexity index is 830. The van der Waals surface area contributed by atoms with Crippen LogP contribution in [0, 0.1) is 0 Å². The molecule has 0 aliphatic heterocycles. The smallest absolute Gasteiger partial charge is 0.173 e. The highest BCUT2D eigenvalue weighted by Gasteiger charge is 2.43. The van der Waals surface area contributed by atoms with E-state index in [2.05, 4.69) is 42.6 Å². The molecule has 1 aromatic heterocycles. The number of hydrogen-bond acceptors (Lipinski definition) is 2. The zero-order valence-corrected chi connectivity index (χ0v) is 12.0. The molecule has 1 aliphatic rings. The van der Waals surface area contributed by atoms with E-state index in [1.165, 1.54) is 21.2 Å². The van der Waals surface area contributed by atoms with Crippen LogP contribution < -0.4 is 0 Å². The first-order chi connectivity index (χ1) is 9.70. The van der Waals surface area contributed by atoms with Gasteiger partial charge in [-0.3, -0.25) is 4.79 Å². The Kier molecular flexibility index (Phi) is 2.39. The van der Waals surface area contributed by atoms with Crippen molar-refractivity contribution in [2.45, 2.75) is 18.8 Å². The monoisotopic (exact) mass is 278 g/mol. The minimum Gasteiger partial charge on any atom is -0.293 e. The zero-order valence-electron chi connectivity index (χ0n) is 11.2. The molecule has 0 bridgehead atoms. The van der Waals surface area contributed by atoms with Gasteiger partial charge in [0.15, 0.2) is 5.78 Å². The molecule has 0 fully saturated rings. The van der Waals surface area contributed by atoms with Gasteiger partial charge in [0.1, 0.15) is 0 Å². The summed E-state index contributed by atoms with van der Waals surface area (Å²) in [6.07, 6.45) is 0.808. The molecule has 0 spiro atoms. The Morgan fingerprint density at radius 1 is 1.05 bits per heavy atom. The Morgan fingerprint density at radius 3 is 2.65 bits per heavy atom. The van der Waals surface area contributed by atoms with E-state index in [1.807, 2.05) is 18.2 Å². The number of Topliss-reactive ketones (excluding diaryl/α,β-unsaturated/α-hetero) is 1. The van der Waals surface area contributed by atoms with Crippen molar-refractivity contribution in [2.24, 2.45) is 0 Å². The summed E-state index contributed by atoms with van der Waals surface area (Å²) < 4.78 is 1.26. The standard InChI is InChI=1S/C18H14OS/c1-18(10-12-6-2-3-7-13(12)17(18)19)15-11-20-16-9-5-4-8-14(15)16/h2-9,11H,10H2,1H3/t18-/m0/s1. The SMILES string of the molecule is C[C@@]1(c2csc3ccccc23)Cc2ccccc2C1=O. The summed E-state index contributed by atoms with van der Waals surface area (Å²) in [6.45, 7) is 2.09. The first kappa shape index (κ1) is 11.9. The maximum Gasteiger partial charge on any atom is 0.173 e.